The van der Waals surface area contributed by atoms with Gasteiger partial charge >= 0.3 is 5.97 Å². The van der Waals surface area contributed by atoms with Gasteiger partial charge in [-0.05, 0) is 42.8 Å². The molecule has 2 aromatic rings. The van der Waals surface area contributed by atoms with Gasteiger partial charge in [0.1, 0.15) is 0 Å². The lowest BCUT2D eigenvalue weighted by Gasteiger charge is -2.11. The van der Waals surface area contributed by atoms with E-state index in [1.807, 2.05) is 6.92 Å². The molecule has 0 spiro atoms. The number of benzene rings is 2. The van der Waals surface area contributed by atoms with E-state index in [4.69, 9.17) is 9.47 Å². The standard InChI is InChI=1S/C18H19N3O6/c1-3-26-17-10-13(4-9-16(17)27-12-18(22)25-2)11-19-20-14-5-7-15(8-6-14)21(23)24/h4-11,20H,3,12H2,1-2H3/b19-11+. The number of anilines is 1. The molecule has 2 aromatic carbocycles. The van der Waals surface area contributed by atoms with Crippen LogP contribution in [0.4, 0.5) is 11.4 Å². The third-order valence-corrected chi connectivity index (χ3v) is 3.33. The van der Waals surface area contributed by atoms with E-state index in [-0.39, 0.29) is 12.3 Å². The molecule has 0 amide bonds. The highest BCUT2D eigenvalue weighted by molar-refractivity contribution is 5.81. The fourth-order valence-electron chi connectivity index (χ4n) is 2.03. The summed E-state index contributed by atoms with van der Waals surface area (Å²) in [7, 11) is 1.28. The Morgan fingerprint density at radius 3 is 2.56 bits per heavy atom. The summed E-state index contributed by atoms with van der Waals surface area (Å²) in [5.74, 6) is 0.402. The molecule has 0 saturated carbocycles. The Labute approximate surface area is 155 Å². The van der Waals surface area contributed by atoms with E-state index in [1.165, 1.54) is 19.2 Å². The van der Waals surface area contributed by atoms with Crippen LogP contribution in [0, 0.1) is 10.1 Å². The van der Waals surface area contributed by atoms with Crippen LogP contribution in [-0.2, 0) is 9.53 Å². The maximum absolute atomic E-state index is 11.2. The van der Waals surface area contributed by atoms with Crippen LogP contribution in [0.2, 0.25) is 0 Å². The molecule has 0 unspecified atom stereocenters. The summed E-state index contributed by atoms with van der Waals surface area (Å²) >= 11 is 0. The van der Waals surface area contributed by atoms with Crippen molar-refractivity contribution < 1.29 is 23.9 Å². The summed E-state index contributed by atoms with van der Waals surface area (Å²) in [5.41, 5.74) is 4.14. The van der Waals surface area contributed by atoms with Gasteiger partial charge in [-0.2, -0.15) is 5.10 Å². The summed E-state index contributed by atoms with van der Waals surface area (Å²) < 4.78 is 15.4. The highest BCUT2D eigenvalue weighted by atomic mass is 16.6. The van der Waals surface area contributed by atoms with Crippen molar-refractivity contribution >= 4 is 23.6 Å². The number of nitro groups is 1. The molecule has 27 heavy (non-hydrogen) atoms. The number of nitro benzene ring substituents is 1. The molecule has 1 N–H and O–H groups in total. The average molecular weight is 373 g/mol. The molecule has 0 saturated heterocycles. The first-order valence-corrected chi connectivity index (χ1v) is 8.03. The van der Waals surface area contributed by atoms with Crippen LogP contribution >= 0.6 is 0 Å². The van der Waals surface area contributed by atoms with Gasteiger partial charge in [-0.15, -0.1) is 0 Å². The van der Waals surface area contributed by atoms with Crippen molar-refractivity contribution in [3.8, 4) is 11.5 Å². The molecule has 0 radical (unpaired) electrons. The van der Waals surface area contributed by atoms with Crippen molar-refractivity contribution in [1.82, 2.24) is 0 Å². The van der Waals surface area contributed by atoms with E-state index in [1.54, 1.807) is 36.5 Å². The van der Waals surface area contributed by atoms with Crippen molar-refractivity contribution in [3.63, 3.8) is 0 Å². The zero-order valence-electron chi connectivity index (χ0n) is 14.9. The molecule has 0 aliphatic heterocycles. The van der Waals surface area contributed by atoms with Crippen molar-refractivity contribution in [1.29, 1.82) is 0 Å². The van der Waals surface area contributed by atoms with Gasteiger partial charge in [-0.1, -0.05) is 0 Å². The van der Waals surface area contributed by atoms with Crippen molar-refractivity contribution in [2.24, 2.45) is 5.10 Å². The monoisotopic (exact) mass is 373 g/mol. The summed E-state index contributed by atoms with van der Waals surface area (Å²) in [5, 5.41) is 14.7. The minimum Gasteiger partial charge on any atom is -0.490 e. The molecule has 0 aliphatic rings. The maximum atomic E-state index is 11.2. The molecular formula is C18H19N3O6. The lowest BCUT2D eigenvalue weighted by atomic mass is 10.2. The van der Waals surface area contributed by atoms with E-state index in [2.05, 4.69) is 15.3 Å². The molecule has 0 bridgehead atoms. The average Bonchev–Trinajstić information content (AvgIpc) is 2.67. The van der Waals surface area contributed by atoms with Gasteiger partial charge in [-0.25, -0.2) is 4.79 Å². The number of hydrogen-bond acceptors (Lipinski definition) is 8. The molecule has 0 atom stereocenters. The molecule has 0 aromatic heterocycles. The number of carbonyl (C=O) groups excluding carboxylic acids is 1. The molecule has 2 rings (SSSR count). The van der Waals surface area contributed by atoms with Gasteiger partial charge in [0.25, 0.3) is 5.69 Å². The van der Waals surface area contributed by atoms with Crippen LogP contribution in [0.15, 0.2) is 47.6 Å². The van der Waals surface area contributed by atoms with Crippen molar-refractivity contribution in [2.75, 3.05) is 25.7 Å². The number of hydrazone groups is 1. The number of ether oxygens (including phenoxy) is 3. The van der Waals surface area contributed by atoms with Gasteiger partial charge in [0.15, 0.2) is 18.1 Å². The quantitative estimate of drug-likeness (QED) is 0.311. The second-order valence-electron chi connectivity index (χ2n) is 5.18. The Kier molecular flexibility index (Phi) is 7.12. The van der Waals surface area contributed by atoms with Crippen molar-refractivity contribution in [2.45, 2.75) is 6.92 Å². The number of methoxy groups -OCH3 is 1. The molecule has 9 heteroatoms. The number of rotatable bonds is 9. The Bertz CT molecular complexity index is 820. The Morgan fingerprint density at radius 2 is 1.93 bits per heavy atom. The van der Waals surface area contributed by atoms with Gasteiger partial charge < -0.3 is 14.2 Å². The van der Waals surface area contributed by atoms with Crippen LogP contribution in [0.5, 0.6) is 11.5 Å². The van der Waals surface area contributed by atoms with Gasteiger partial charge in [0, 0.05) is 12.1 Å². The van der Waals surface area contributed by atoms with Crippen molar-refractivity contribution in [3.05, 3.63) is 58.1 Å². The van der Waals surface area contributed by atoms with E-state index in [9.17, 15) is 14.9 Å². The highest BCUT2D eigenvalue weighted by Gasteiger charge is 2.09. The second kappa shape index (κ2) is 9.76. The Morgan fingerprint density at radius 1 is 1.19 bits per heavy atom. The number of hydrogen-bond donors (Lipinski definition) is 1. The Hall–Kier alpha value is -3.62. The zero-order valence-corrected chi connectivity index (χ0v) is 14.9. The maximum Gasteiger partial charge on any atom is 0.343 e. The molecule has 0 heterocycles. The first-order valence-electron chi connectivity index (χ1n) is 8.03. The predicted molar refractivity (Wildman–Crippen MR) is 99.4 cm³/mol. The normalized spacial score (nSPS) is 10.4. The predicted octanol–water partition coefficient (Wildman–Crippen LogP) is 2.99. The smallest absolute Gasteiger partial charge is 0.343 e. The summed E-state index contributed by atoms with van der Waals surface area (Å²) in [6, 6.07) is 11.0. The summed E-state index contributed by atoms with van der Waals surface area (Å²) in [6.45, 7) is 2.04. The van der Waals surface area contributed by atoms with E-state index < -0.39 is 10.9 Å². The van der Waals surface area contributed by atoms with E-state index in [0.717, 1.165) is 5.56 Å². The fraction of sp³-hybridized carbons (Fsp3) is 0.222. The lowest BCUT2D eigenvalue weighted by molar-refractivity contribution is -0.384. The fourth-order valence-corrected chi connectivity index (χ4v) is 2.03. The topological polar surface area (TPSA) is 112 Å². The van der Waals surface area contributed by atoms with E-state index >= 15 is 0 Å². The zero-order chi connectivity index (χ0) is 19.6. The van der Waals surface area contributed by atoms with Crippen LogP contribution in [0.3, 0.4) is 0 Å². The largest absolute Gasteiger partial charge is 0.490 e. The molecule has 0 aliphatic carbocycles. The third kappa shape index (κ3) is 5.99. The molecule has 9 nitrogen and oxygen atoms in total. The van der Waals surface area contributed by atoms with Crippen LogP contribution in [0.1, 0.15) is 12.5 Å². The minimum absolute atomic E-state index is 0.00780. The number of esters is 1. The van der Waals surface area contributed by atoms with Gasteiger partial charge in [0.2, 0.25) is 0 Å². The van der Waals surface area contributed by atoms with Gasteiger partial charge in [0.05, 0.1) is 30.5 Å². The first kappa shape index (κ1) is 19.7. The highest BCUT2D eigenvalue weighted by Crippen LogP contribution is 2.28. The van der Waals surface area contributed by atoms with Crippen LogP contribution in [-0.4, -0.2) is 37.4 Å². The third-order valence-electron chi connectivity index (χ3n) is 3.33. The molecule has 0 fully saturated rings. The van der Waals surface area contributed by atoms with E-state index in [0.29, 0.717) is 23.8 Å². The van der Waals surface area contributed by atoms with Crippen LogP contribution in [0.25, 0.3) is 0 Å². The summed E-state index contributed by atoms with van der Waals surface area (Å²) in [6.07, 6.45) is 1.56. The number of carbonyl (C=O) groups is 1. The number of nitrogens with zero attached hydrogens (tertiary/aromatic N) is 2. The lowest BCUT2D eigenvalue weighted by Crippen LogP contribution is -2.13. The molecular weight excluding hydrogens is 354 g/mol. The summed E-state index contributed by atoms with van der Waals surface area (Å²) in [4.78, 5) is 21.4. The SMILES string of the molecule is CCOc1cc(/C=N/Nc2ccc([N+](=O)[O-])cc2)ccc1OCC(=O)OC. The Balaban J connectivity index is 2.04. The minimum atomic E-state index is -0.490. The first-order chi connectivity index (χ1) is 13.0. The molecule has 142 valence electrons. The number of nitrogens with one attached hydrogen (secondary N) is 1. The second-order valence-corrected chi connectivity index (χ2v) is 5.18. The number of non-ortho nitro benzene ring substituents is 1. The van der Waals surface area contributed by atoms with Crippen LogP contribution < -0.4 is 14.9 Å². The van der Waals surface area contributed by atoms with Gasteiger partial charge in [-0.3, -0.25) is 15.5 Å².